The molecule has 1 aliphatic carbocycles. The van der Waals surface area contributed by atoms with Crippen molar-refractivity contribution in [2.45, 2.75) is 31.4 Å². The first-order valence-electron chi connectivity index (χ1n) is 6.37. The van der Waals surface area contributed by atoms with Gasteiger partial charge < -0.3 is 11.1 Å². The molecule has 0 saturated heterocycles. The van der Waals surface area contributed by atoms with Gasteiger partial charge in [-0.05, 0) is 37.8 Å². The summed E-state index contributed by atoms with van der Waals surface area (Å²) in [5, 5.41) is 3.30. The summed E-state index contributed by atoms with van der Waals surface area (Å²) in [6.45, 7) is 2.54. The molecule has 0 bridgehead atoms. The van der Waals surface area contributed by atoms with Gasteiger partial charge >= 0.3 is 0 Å². The zero-order valence-electron chi connectivity index (χ0n) is 11.2. The number of nitrogens with one attached hydrogen (secondary N) is 1. The van der Waals surface area contributed by atoms with Crippen molar-refractivity contribution in [2.75, 3.05) is 18.1 Å². The molecule has 1 aromatic heterocycles. The van der Waals surface area contributed by atoms with Crippen molar-refractivity contribution in [3.05, 3.63) is 22.9 Å². The highest BCUT2D eigenvalue weighted by molar-refractivity contribution is 7.84. The van der Waals surface area contributed by atoms with Gasteiger partial charge in [0.05, 0.1) is 5.56 Å². The number of fused-ring (bicyclic) bond motifs is 1. The molecule has 19 heavy (non-hydrogen) atoms. The Morgan fingerprint density at radius 3 is 3.00 bits per heavy atom. The molecule has 0 radical (unpaired) electrons. The van der Waals surface area contributed by atoms with Gasteiger partial charge in [-0.1, -0.05) is 12.2 Å². The maximum Gasteiger partial charge on any atom is 0.136 e. The van der Waals surface area contributed by atoms with E-state index in [2.05, 4.69) is 10.3 Å². The Bertz CT molecular complexity index is 531. The fourth-order valence-corrected chi connectivity index (χ4v) is 2.63. The molecule has 0 aromatic carbocycles. The van der Waals surface area contributed by atoms with Gasteiger partial charge in [0.15, 0.2) is 0 Å². The van der Waals surface area contributed by atoms with Crippen LogP contribution in [0.4, 0.5) is 5.82 Å². The fourth-order valence-electron chi connectivity index (χ4n) is 2.15. The van der Waals surface area contributed by atoms with Crippen LogP contribution in [0.25, 0.3) is 0 Å². The van der Waals surface area contributed by atoms with Gasteiger partial charge in [-0.15, -0.1) is 0 Å². The standard InChI is InChI=1S/C13H19N3OS2/c1-8(19(2)17)7-15-13-10(12(14)18)6-9-4-3-5-11(9)16-13/h6,8H,3-5,7H2,1-2H3,(H2,14,18)(H,15,16). The van der Waals surface area contributed by atoms with Crippen molar-refractivity contribution < 1.29 is 4.21 Å². The molecule has 0 fully saturated rings. The van der Waals surface area contributed by atoms with E-state index in [1.807, 2.05) is 13.0 Å². The third-order valence-corrected chi connectivity index (χ3v) is 4.96. The summed E-state index contributed by atoms with van der Waals surface area (Å²) < 4.78 is 11.4. The van der Waals surface area contributed by atoms with Crippen molar-refractivity contribution in [1.29, 1.82) is 0 Å². The molecule has 104 valence electrons. The second-order valence-corrected chi connectivity index (χ2v) is 7.14. The molecule has 1 heterocycles. The summed E-state index contributed by atoms with van der Waals surface area (Å²) in [7, 11) is -0.855. The van der Waals surface area contributed by atoms with Crippen molar-refractivity contribution in [1.82, 2.24) is 4.98 Å². The van der Waals surface area contributed by atoms with E-state index >= 15 is 0 Å². The van der Waals surface area contributed by atoms with Crippen LogP contribution in [0, 0.1) is 0 Å². The zero-order valence-corrected chi connectivity index (χ0v) is 12.9. The summed E-state index contributed by atoms with van der Waals surface area (Å²) in [4.78, 5) is 4.98. The first kappa shape index (κ1) is 14.4. The minimum absolute atomic E-state index is 0.0641. The van der Waals surface area contributed by atoms with Crippen LogP contribution in [0.5, 0.6) is 0 Å². The van der Waals surface area contributed by atoms with Crippen molar-refractivity contribution in [3.8, 4) is 0 Å². The second kappa shape index (κ2) is 5.96. The summed E-state index contributed by atoms with van der Waals surface area (Å²) in [5.41, 5.74) is 8.94. The van der Waals surface area contributed by atoms with Gasteiger partial charge in [-0.2, -0.15) is 0 Å². The first-order valence-corrected chi connectivity index (χ1v) is 8.40. The number of hydrogen-bond donors (Lipinski definition) is 2. The molecule has 0 aliphatic heterocycles. The monoisotopic (exact) mass is 297 g/mol. The Balaban J connectivity index is 2.23. The highest BCUT2D eigenvalue weighted by Gasteiger charge is 2.18. The molecule has 0 amide bonds. The predicted molar refractivity (Wildman–Crippen MR) is 84.2 cm³/mol. The number of anilines is 1. The fraction of sp³-hybridized carbons (Fsp3) is 0.538. The van der Waals surface area contributed by atoms with Crippen LogP contribution in [0.3, 0.4) is 0 Å². The lowest BCUT2D eigenvalue weighted by Crippen LogP contribution is -2.23. The van der Waals surface area contributed by atoms with Crippen molar-refractivity contribution >= 4 is 33.8 Å². The number of aryl methyl sites for hydroxylation is 2. The Labute approximate surface area is 121 Å². The van der Waals surface area contributed by atoms with Crippen molar-refractivity contribution in [3.63, 3.8) is 0 Å². The normalized spacial score (nSPS) is 16.7. The Hall–Kier alpha value is -1.01. The molecule has 2 unspecified atom stereocenters. The van der Waals surface area contributed by atoms with Crippen molar-refractivity contribution in [2.24, 2.45) is 5.73 Å². The second-order valence-electron chi connectivity index (χ2n) is 4.90. The maximum atomic E-state index is 11.4. The summed E-state index contributed by atoms with van der Waals surface area (Å²) in [5.74, 6) is 0.727. The summed E-state index contributed by atoms with van der Waals surface area (Å²) in [6, 6.07) is 2.05. The summed E-state index contributed by atoms with van der Waals surface area (Å²) >= 11 is 5.09. The van der Waals surface area contributed by atoms with Gasteiger partial charge in [0.2, 0.25) is 0 Å². The van der Waals surface area contributed by atoms with E-state index in [0.29, 0.717) is 11.5 Å². The minimum atomic E-state index is -0.855. The van der Waals surface area contributed by atoms with Gasteiger partial charge in [-0.3, -0.25) is 4.21 Å². The third kappa shape index (κ3) is 3.30. The molecule has 1 aliphatic rings. The average Bonchev–Trinajstić information content (AvgIpc) is 2.81. The van der Waals surface area contributed by atoms with Crippen LogP contribution >= 0.6 is 12.2 Å². The maximum absolute atomic E-state index is 11.4. The number of nitrogens with two attached hydrogens (primary N) is 1. The average molecular weight is 297 g/mol. The Morgan fingerprint density at radius 1 is 1.63 bits per heavy atom. The van der Waals surface area contributed by atoms with Crippen LogP contribution in [-0.2, 0) is 23.6 Å². The van der Waals surface area contributed by atoms with E-state index in [1.165, 1.54) is 5.56 Å². The zero-order chi connectivity index (χ0) is 14.0. The van der Waals surface area contributed by atoms with E-state index in [4.69, 9.17) is 18.0 Å². The molecule has 0 saturated carbocycles. The van der Waals surface area contributed by atoms with Crippen LogP contribution < -0.4 is 11.1 Å². The minimum Gasteiger partial charge on any atom is -0.389 e. The van der Waals surface area contributed by atoms with Crippen LogP contribution in [0.2, 0.25) is 0 Å². The number of rotatable bonds is 5. The molecule has 6 heteroatoms. The molecular weight excluding hydrogens is 278 g/mol. The van der Waals surface area contributed by atoms with E-state index in [9.17, 15) is 4.21 Å². The van der Waals surface area contributed by atoms with Gasteiger partial charge in [-0.25, -0.2) is 4.98 Å². The number of nitrogens with zero attached hydrogens (tertiary/aromatic N) is 1. The van der Waals surface area contributed by atoms with E-state index in [1.54, 1.807) is 6.26 Å². The number of aromatic nitrogens is 1. The molecule has 3 N–H and O–H groups in total. The smallest absolute Gasteiger partial charge is 0.136 e. The summed E-state index contributed by atoms with van der Waals surface area (Å²) in [6.07, 6.45) is 4.90. The van der Waals surface area contributed by atoms with Gasteiger partial charge in [0.1, 0.15) is 10.8 Å². The van der Waals surface area contributed by atoms with E-state index in [-0.39, 0.29) is 5.25 Å². The molecular formula is C13H19N3OS2. The Kier molecular flexibility index (Phi) is 4.52. The molecule has 1 aromatic rings. The predicted octanol–water partition coefficient (Wildman–Crippen LogP) is 1.38. The number of thiocarbonyl (C=S) groups is 1. The Morgan fingerprint density at radius 2 is 2.37 bits per heavy atom. The number of hydrogen-bond acceptors (Lipinski definition) is 4. The van der Waals surface area contributed by atoms with Gasteiger partial charge in [0.25, 0.3) is 0 Å². The first-order chi connectivity index (χ1) is 8.99. The molecule has 4 nitrogen and oxygen atoms in total. The lowest BCUT2D eigenvalue weighted by atomic mass is 10.1. The molecule has 2 atom stereocenters. The highest BCUT2D eigenvalue weighted by atomic mass is 32.2. The van der Waals surface area contributed by atoms with E-state index < -0.39 is 10.8 Å². The van der Waals surface area contributed by atoms with Crippen LogP contribution in [-0.4, -0.2) is 32.2 Å². The van der Waals surface area contributed by atoms with E-state index in [0.717, 1.165) is 36.3 Å². The van der Waals surface area contributed by atoms with Gasteiger partial charge in [0, 0.05) is 34.5 Å². The lowest BCUT2D eigenvalue weighted by Gasteiger charge is -2.15. The SMILES string of the molecule is CC(CNc1nc2c(cc1C(N)=S)CCC2)S(C)=O. The highest BCUT2D eigenvalue weighted by Crippen LogP contribution is 2.25. The quantitative estimate of drug-likeness (QED) is 0.804. The molecule has 0 spiro atoms. The third-order valence-electron chi connectivity index (χ3n) is 3.44. The largest absolute Gasteiger partial charge is 0.389 e. The number of pyridine rings is 1. The molecule has 2 rings (SSSR count). The lowest BCUT2D eigenvalue weighted by molar-refractivity contribution is 0.678. The van der Waals surface area contributed by atoms with Crippen LogP contribution in [0.15, 0.2) is 6.07 Å². The van der Waals surface area contributed by atoms with Crippen LogP contribution in [0.1, 0.15) is 30.2 Å². The topological polar surface area (TPSA) is 68.0 Å².